The zero-order chi connectivity index (χ0) is 21.6. The summed E-state index contributed by atoms with van der Waals surface area (Å²) < 4.78 is 6.02. The first kappa shape index (κ1) is 20.6. The average Bonchev–Trinajstić information content (AvgIpc) is 2.79. The van der Waals surface area contributed by atoms with Crippen molar-refractivity contribution in [1.29, 1.82) is 5.26 Å². The lowest BCUT2D eigenvalue weighted by Crippen LogP contribution is -2.38. The van der Waals surface area contributed by atoms with Gasteiger partial charge in [-0.15, -0.1) is 0 Å². The summed E-state index contributed by atoms with van der Waals surface area (Å²) in [5.74, 6) is 1.58. The Kier molecular flexibility index (Phi) is 6.29. The lowest BCUT2D eigenvalue weighted by atomic mass is 10.1. The van der Waals surface area contributed by atoms with Crippen molar-refractivity contribution in [2.45, 2.75) is 32.0 Å². The molecule has 0 bridgehead atoms. The first-order valence-electron chi connectivity index (χ1n) is 10.3. The molecule has 1 aliphatic heterocycles. The Labute approximate surface area is 180 Å². The molecular weight excluding hydrogens is 392 g/mol. The highest BCUT2D eigenvalue weighted by molar-refractivity contribution is 5.53. The Morgan fingerprint density at radius 1 is 1.13 bits per heavy atom. The number of aliphatic hydroxyl groups excluding tert-OH is 1. The first-order valence-corrected chi connectivity index (χ1v) is 10.3. The van der Waals surface area contributed by atoms with Crippen LogP contribution in [0.2, 0.25) is 0 Å². The highest BCUT2D eigenvalue weighted by Crippen LogP contribution is 2.24. The van der Waals surface area contributed by atoms with Gasteiger partial charge in [-0.05, 0) is 24.5 Å². The van der Waals surface area contributed by atoms with E-state index in [-0.39, 0.29) is 11.7 Å². The van der Waals surface area contributed by atoms with Crippen LogP contribution in [0.3, 0.4) is 0 Å². The van der Waals surface area contributed by atoms with Crippen LogP contribution in [-0.2, 0) is 13.0 Å². The fourth-order valence-corrected chi connectivity index (χ4v) is 3.70. The molecule has 0 amide bonds. The number of aromatic amines is 1. The minimum atomic E-state index is -0.448. The van der Waals surface area contributed by atoms with E-state index < -0.39 is 5.56 Å². The Bertz CT molecular complexity index is 1130. The van der Waals surface area contributed by atoms with Crippen molar-refractivity contribution < 1.29 is 9.84 Å². The third-order valence-corrected chi connectivity index (χ3v) is 5.39. The third kappa shape index (κ3) is 4.93. The summed E-state index contributed by atoms with van der Waals surface area (Å²) in [6.07, 6.45) is 1.20. The summed E-state index contributed by atoms with van der Waals surface area (Å²) >= 11 is 0. The molecule has 0 aliphatic carbocycles. The largest absolute Gasteiger partial charge is 0.489 e. The van der Waals surface area contributed by atoms with Gasteiger partial charge < -0.3 is 19.7 Å². The number of nitrogens with one attached hydrogen (secondary N) is 1. The van der Waals surface area contributed by atoms with Gasteiger partial charge in [0.2, 0.25) is 0 Å². The van der Waals surface area contributed by atoms with Gasteiger partial charge in [-0.25, -0.2) is 4.98 Å². The molecule has 0 spiro atoms. The van der Waals surface area contributed by atoms with Gasteiger partial charge in [0.1, 0.15) is 24.3 Å². The Balaban J connectivity index is 1.58. The van der Waals surface area contributed by atoms with Gasteiger partial charge >= 0.3 is 0 Å². The molecule has 0 unspecified atom stereocenters. The normalized spacial score (nSPS) is 14.3. The maximum absolute atomic E-state index is 12.6. The molecule has 1 aliphatic rings. The van der Waals surface area contributed by atoms with Crippen molar-refractivity contribution in [1.82, 2.24) is 9.97 Å². The molecule has 1 saturated heterocycles. The summed E-state index contributed by atoms with van der Waals surface area (Å²) in [7, 11) is 0. The molecule has 7 heteroatoms. The van der Waals surface area contributed by atoms with Crippen LogP contribution in [-0.4, -0.2) is 34.3 Å². The molecule has 2 heterocycles. The van der Waals surface area contributed by atoms with E-state index in [1.807, 2.05) is 65.6 Å². The van der Waals surface area contributed by atoms with Crippen LogP contribution >= 0.6 is 0 Å². The van der Waals surface area contributed by atoms with Crippen molar-refractivity contribution in [3.8, 4) is 11.8 Å². The molecule has 158 valence electrons. The number of nitriles is 1. The standard InChI is InChI=1S/C24H24N4O3/c25-15-20-23(28-12-10-19(29)11-13-28)26-22(27-24(20)30)14-18-8-4-5-9-21(18)31-16-17-6-2-1-3-7-17/h1-9,19,29H,10-14,16H2,(H,26,27,30). The van der Waals surface area contributed by atoms with Crippen LogP contribution in [0.4, 0.5) is 5.82 Å². The van der Waals surface area contributed by atoms with Gasteiger partial charge in [0.05, 0.1) is 6.10 Å². The van der Waals surface area contributed by atoms with Crippen molar-refractivity contribution in [3.63, 3.8) is 0 Å². The first-order chi connectivity index (χ1) is 15.1. The third-order valence-electron chi connectivity index (χ3n) is 5.39. The van der Waals surface area contributed by atoms with Gasteiger partial charge in [0.15, 0.2) is 11.4 Å². The Morgan fingerprint density at radius 3 is 2.58 bits per heavy atom. The summed E-state index contributed by atoms with van der Waals surface area (Å²) in [5.41, 5.74) is 1.52. The quantitative estimate of drug-likeness (QED) is 0.641. The number of aromatic nitrogens is 2. The molecule has 2 N–H and O–H groups in total. The lowest BCUT2D eigenvalue weighted by Gasteiger charge is -2.31. The van der Waals surface area contributed by atoms with Crippen molar-refractivity contribution in [2.24, 2.45) is 0 Å². The van der Waals surface area contributed by atoms with E-state index in [1.165, 1.54) is 0 Å². The average molecular weight is 416 g/mol. The van der Waals surface area contributed by atoms with E-state index in [0.717, 1.165) is 16.9 Å². The van der Waals surface area contributed by atoms with Crippen LogP contribution in [0.1, 0.15) is 35.4 Å². The van der Waals surface area contributed by atoms with E-state index in [1.54, 1.807) is 0 Å². The molecule has 1 fully saturated rings. The van der Waals surface area contributed by atoms with E-state index in [0.29, 0.717) is 50.6 Å². The Morgan fingerprint density at radius 2 is 1.84 bits per heavy atom. The number of anilines is 1. The van der Waals surface area contributed by atoms with E-state index >= 15 is 0 Å². The predicted octanol–water partition coefficient (Wildman–Crippen LogP) is 2.77. The van der Waals surface area contributed by atoms with Crippen LogP contribution in [0, 0.1) is 11.3 Å². The fourth-order valence-electron chi connectivity index (χ4n) is 3.70. The molecule has 1 aromatic heterocycles. The second-order valence-corrected chi connectivity index (χ2v) is 7.60. The molecule has 4 rings (SSSR count). The molecule has 0 atom stereocenters. The number of H-pyrrole nitrogens is 1. The lowest BCUT2D eigenvalue weighted by molar-refractivity contribution is 0.145. The van der Waals surface area contributed by atoms with E-state index in [2.05, 4.69) is 9.97 Å². The van der Waals surface area contributed by atoms with Crippen LogP contribution in [0.5, 0.6) is 5.75 Å². The number of nitrogens with zero attached hydrogens (tertiary/aromatic N) is 3. The van der Waals surface area contributed by atoms with Crippen molar-refractivity contribution in [2.75, 3.05) is 18.0 Å². The van der Waals surface area contributed by atoms with Gasteiger partial charge in [-0.1, -0.05) is 48.5 Å². The highest BCUT2D eigenvalue weighted by atomic mass is 16.5. The summed E-state index contributed by atoms with van der Waals surface area (Å²) in [6, 6.07) is 19.5. The van der Waals surface area contributed by atoms with Crippen LogP contribution in [0.25, 0.3) is 0 Å². The molecular formula is C24H24N4O3. The monoisotopic (exact) mass is 416 g/mol. The zero-order valence-corrected chi connectivity index (χ0v) is 17.1. The number of aliphatic hydroxyl groups is 1. The minimum Gasteiger partial charge on any atom is -0.489 e. The number of rotatable bonds is 6. The molecule has 31 heavy (non-hydrogen) atoms. The number of para-hydroxylation sites is 1. The van der Waals surface area contributed by atoms with Crippen LogP contribution in [0.15, 0.2) is 59.4 Å². The van der Waals surface area contributed by atoms with Gasteiger partial charge in [0, 0.05) is 25.1 Å². The van der Waals surface area contributed by atoms with E-state index in [4.69, 9.17) is 4.74 Å². The molecule has 2 aromatic carbocycles. The number of hydrogen-bond acceptors (Lipinski definition) is 6. The van der Waals surface area contributed by atoms with Gasteiger partial charge in [0.25, 0.3) is 5.56 Å². The second kappa shape index (κ2) is 9.45. The number of piperidine rings is 1. The predicted molar refractivity (Wildman–Crippen MR) is 117 cm³/mol. The number of benzene rings is 2. The topological polar surface area (TPSA) is 102 Å². The SMILES string of the molecule is N#Cc1c(N2CCC(O)CC2)nc(Cc2ccccc2OCc2ccccc2)[nH]c1=O. The molecule has 0 radical (unpaired) electrons. The van der Waals surface area contributed by atoms with Crippen molar-refractivity contribution in [3.05, 3.63) is 87.5 Å². The molecule has 0 saturated carbocycles. The smallest absolute Gasteiger partial charge is 0.271 e. The summed E-state index contributed by atoms with van der Waals surface area (Å²) in [5, 5.41) is 19.3. The fraction of sp³-hybridized carbons (Fsp3) is 0.292. The van der Waals surface area contributed by atoms with Gasteiger partial charge in [-0.2, -0.15) is 5.26 Å². The van der Waals surface area contributed by atoms with Gasteiger partial charge in [-0.3, -0.25) is 4.79 Å². The maximum Gasteiger partial charge on any atom is 0.271 e. The number of hydrogen-bond donors (Lipinski definition) is 2. The maximum atomic E-state index is 12.6. The van der Waals surface area contributed by atoms with Crippen molar-refractivity contribution >= 4 is 5.82 Å². The second-order valence-electron chi connectivity index (χ2n) is 7.60. The molecule has 3 aromatic rings. The number of ether oxygens (including phenoxy) is 1. The molecule has 7 nitrogen and oxygen atoms in total. The summed E-state index contributed by atoms with van der Waals surface area (Å²) in [6.45, 7) is 1.56. The van der Waals surface area contributed by atoms with Crippen LogP contribution < -0.4 is 15.2 Å². The summed E-state index contributed by atoms with van der Waals surface area (Å²) in [4.78, 5) is 21.8. The minimum absolute atomic E-state index is 0.00810. The Hall–Kier alpha value is -3.63. The highest BCUT2D eigenvalue weighted by Gasteiger charge is 2.23. The zero-order valence-electron chi connectivity index (χ0n) is 17.1. The van der Waals surface area contributed by atoms with E-state index in [9.17, 15) is 15.2 Å².